The highest BCUT2D eigenvalue weighted by Crippen LogP contribution is 2.57. The molecule has 0 aromatic heterocycles. The molecule has 0 saturated heterocycles. The summed E-state index contributed by atoms with van der Waals surface area (Å²) in [5.41, 5.74) is 4.14. The second-order valence-electron chi connectivity index (χ2n) is 5.98. The second-order valence-corrected chi connectivity index (χ2v) is 5.98. The first-order chi connectivity index (χ1) is 6.55. The summed E-state index contributed by atoms with van der Waals surface area (Å²) in [4.78, 5) is 0. The van der Waals surface area contributed by atoms with Crippen molar-refractivity contribution in [3.05, 3.63) is 11.1 Å². The minimum Gasteiger partial charge on any atom is -0.0770 e. The molecule has 0 aromatic carbocycles. The van der Waals surface area contributed by atoms with Crippen molar-refractivity contribution in [1.82, 2.24) is 0 Å². The summed E-state index contributed by atoms with van der Waals surface area (Å²) in [6.07, 6.45) is 7.31. The lowest BCUT2D eigenvalue weighted by molar-refractivity contribution is 0.158. The van der Waals surface area contributed by atoms with Gasteiger partial charge >= 0.3 is 0 Å². The summed E-state index contributed by atoms with van der Waals surface area (Å²) < 4.78 is 0. The largest absolute Gasteiger partial charge is 0.0770 e. The molecule has 0 N–H and O–H groups in total. The normalized spacial score (nSPS) is 36.6. The van der Waals surface area contributed by atoms with E-state index >= 15 is 0 Å². The Morgan fingerprint density at radius 1 is 1.29 bits per heavy atom. The van der Waals surface area contributed by atoms with E-state index in [0.29, 0.717) is 0 Å². The molecule has 0 aliphatic heterocycles. The van der Waals surface area contributed by atoms with E-state index in [4.69, 9.17) is 0 Å². The minimum absolute atomic E-state index is 0.726. The summed E-state index contributed by atoms with van der Waals surface area (Å²) in [6.45, 7) is 9.46. The van der Waals surface area contributed by atoms with E-state index in [1.54, 1.807) is 11.1 Å². The number of allylic oxidation sites excluding steroid dienone is 2. The molecular formula is C14H24. The predicted molar refractivity (Wildman–Crippen MR) is 62.2 cm³/mol. The molecular weight excluding hydrogens is 168 g/mol. The van der Waals surface area contributed by atoms with Crippen LogP contribution < -0.4 is 0 Å². The third-order valence-corrected chi connectivity index (χ3v) is 4.90. The summed E-state index contributed by atoms with van der Waals surface area (Å²) in [7, 11) is 0. The molecule has 14 heavy (non-hydrogen) atoms. The van der Waals surface area contributed by atoms with Gasteiger partial charge in [-0.2, -0.15) is 0 Å². The van der Waals surface area contributed by atoms with E-state index in [2.05, 4.69) is 27.7 Å². The lowest BCUT2D eigenvalue weighted by Gasteiger charge is -2.38. The van der Waals surface area contributed by atoms with Gasteiger partial charge < -0.3 is 0 Å². The van der Waals surface area contributed by atoms with Crippen LogP contribution in [0.1, 0.15) is 59.8 Å². The van der Waals surface area contributed by atoms with Crippen LogP contribution in [0.5, 0.6) is 0 Å². The molecule has 2 aliphatic rings. The molecule has 0 heterocycles. The molecule has 2 rings (SSSR count). The number of hydrogen-bond acceptors (Lipinski definition) is 0. The molecule has 0 nitrogen and oxygen atoms in total. The zero-order valence-corrected chi connectivity index (χ0v) is 10.2. The molecule has 2 saturated carbocycles. The van der Waals surface area contributed by atoms with Crippen LogP contribution in [0, 0.1) is 17.3 Å². The first kappa shape index (κ1) is 10.3. The topological polar surface area (TPSA) is 0 Å². The van der Waals surface area contributed by atoms with Crippen molar-refractivity contribution in [2.75, 3.05) is 0 Å². The summed E-state index contributed by atoms with van der Waals surface area (Å²) in [5.74, 6) is 1.85. The van der Waals surface area contributed by atoms with E-state index < -0.39 is 0 Å². The Bertz CT molecular complexity index is 255. The SMILES string of the molecule is CC(C)=C1CCC2(C(C)C)CCC1C2. The van der Waals surface area contributed by atoms with Crippen molar-refractivity contribution in [3.63, 3.8) is 0 Å². The maximum atomic E-state index is 2.43. The van der Waals surface area contributed by atoms with Crippen LogP contribution in [0.25, 0.3) is 0 Å². The van der Waals surface area contributed by atoms with Crippen LogP contribution in [0.3, 0.4) is 0 Å². The van der Waals surface area contributed by atoms with E-state index in [0.717, 1.165) is 17.3 Å². The van der Waals surface area contributed by atoms with Crippen LogP contribution in [-0.4, -0.2) is 0 Å². The highest BCUT2D eigenvalue weighted by atomic mass is 14.5. The predicted octanol–water partition coefficient (Wildman–Crippen LogP) is 4.56. The van der Waals surface area contributed by atoms with Crippen LogP contribution in [-0.2, 0) is 0 Å². The fourth-order valence-electron chi connectivity index (χ4n) is 3.74. The molecule has 2 unspecified atom stereocenters. The smallest absolute Gasteiger partial charge is 0.0195 e. The van der Waals surface area contributed by atoms with E-state index in [9.17, 15) is 0 Å². The Kier molecular flexibility index (Phi) is 2.49. The molecule has 0 spiro atoms. The Hall–Kier alpha value is -0.260. The van der Waals surface area contributed by atoms with Gasteiger partial charge in [0.2, 0.25) is 0 Å². The average molecular weight is 192 g/mol. The van der Waals surface area contributed by atoms with E-state index in [1.165, 1.54) is 32.1 Å². The van der Waals surface area contributed by atoms with Crippen molar-refractivity contribution < 1.29 is 0 Å². The molecule has 2 fully saturated rings. The van der Waals surface area contributed by atoms with Crippen molar-refractivity contribution in [2.45, 2.75) is 59.8 Å². The van der Waals surface area contributed by atoms with Gasteiger partial charge in [-0.15, -0.1) is 0 Å². The molecule has 2 aliphatic carbocycles. The molecule has 80 valence electrons. The van der Waals surface area contributed by atoms with Gasteiger partial charge in [0.05, 0.1) is 0 Å². The first-order valence-electron chi connectivity index (χ1n) is 6.21. The highest BCUT2D eigenvalue weighted by Gasteiger charge is 2.45. The fourth-order valence-corrected chi connectivity index (χ4v) is 3.74. The van der Waals surface area contributed by atoms with Crippen LogP contribution in [0.2, 0.25) is 0 Å². The molecule has 0 heteroatoms. The zero-order valence-electron chi connectivity index (χ0n) is 10.2. The maximum Gasteiger partial charge on any atom is -0.0195 e. The Labute approximate surface area is 88.8 Å². The minimum atomic E-state index is 0.726. The Morgan fingerprint density at radius 3 is 2.57 bits per heavy atom. The van der Waals surface area contributed by atoms with E-state index in [-0.39, 0.29) is 0 Å². The third-order valence-electron chi connectivity index (χ3n) is 4.90. The van der Waals surface area contributed by atoms with Gasteiger partial charge in [0.1, 0.15) is 0 Å². The van der Waals surface area contributed by atoms with Gasteiger partial charge in [0, 0.05) is 0 Å². The van der Waals surface area contributed by atoms with Gasteiger partial charge in [-0.05, 0) is 63.2 Å². The van der Waals surface area contributed by atoms with Crippen molar-refractivity contribution >= 4 is 0 Å². The van der Waals surface area contributed by atoms with Gasteiger partial charge in [-0.1, -0.05) is 25.0 Å². The lowest BCUT2D eigenvalue weighted by atomic mass is 9.67. The Balaban J connectivity index is 2.21. The first-order valence-corrected chi connectivity index (χ1v) is 6.21. The van der Waals surface area contributed by atoms with Gasteiger partial charge in [0.25, 0.3) is 0 Å². The molecule has 0 amide bonds. The van der Waals surface area contributed by atoms with Crippen molar-refractivity contribution in [2.24, 2.45) is 17.3 Å². The maximum absolute atomic E-state index is 2.43. The van der Waals surface area contributed by atoms with Crippen molar-refractivity contribution in [1.29, 1.82) is 0 Å². The standard InChI is InChI=1S/C14H24/c1-10(2)13-6-8-14(11(3)4)7-5-12(13)9-14/h11-12H,5-9H2,1-4H3. The highest BCUT2D eigenvalue weighted by molar-refractivity contribution is 5.20. The number of hydrogen-bond donors (Lipinski definition) is 0. The van der Waals surface area contributed by atoms with E-state index in [1.807, 2.05) is 0 Å². The van der Waals surface area contributed by atoms with Crippen LogP contribution in [0.15, 0.2) is 11.1 Å². The number of fused-ring (bicyclic) bond motifs is 2. The lowest BCUT2D eigenvalue weighted by Crippen LogP contribution is -2.27. The fraction of sp³-hybridized carbons (Fsp3) is 0.857. The van der Waals surface area contributed by atoms with Crippen LogP contribution in [0.4, 0.5) is 0 Å². The number of rotatable bonds is 1. The molecule has 2 atom stereocenters. The van der Waals surface area contributed by atoms with Crippen LogP contribution >= 0.6 is 0 Å². The molecule has 0 aromatic rings. The average Bonchev–Trinajstić information content (AvgIpc) is 2.45. The van der Waals surface area contributed by atoms with Gasteiger partial charge in [-0.25, -0.2) is 0 Å². The van der Waals surface area contributed by atoms with Crippen molar-refractivity contribution in [3.8, 4) is 0 Å². The quantitative estimate of drug-likeness (QED) is 0.534. The third kappa shape index (κ3) is 1.43. The summed E-state index contributed by atoms with van der Waals surface area (Å²) >= 11 is 0. The monoisotopic (exact) mass is 192 g/mol. The molecule has 0 radical (unpaired) electrons. The zero-order chi connectivity index (χ0) is 10.3. The summed E-state index contributed by atoms with van der Waals surface area (Å²) in [5, 5.41) is 0. The Morgan fingerprint density at radius 2 is 2.00 bits per heavy atom. The molecule has 2 bridgehead atoms. The van der Waals surface area contributed by atoms with Gasteiger partial charge in [-0.3, -0.25) is 0 Å². The second kappa shape index (κ2) is 3.40. The summed E-state index contributed by atoms with van der Waals surface area (Å²) in [6, 6.07) is 0. The van der Waals surface area contributed by atoms with Gasteiger partial charge in [0.15, 0.2) is 0 Å².